The van der Waals surface area contributed by atoms with E-state index in [-0.39, 0.29) is 24.6 Å². The van der Waals surface area contributed by atoms with E-state index in [2.05, 4.69) is 6.92 Å². The van der Waals surface area contributed by atoms with Gasteiger partial charge in [0.15, 0.2) is 0 Å². The van der Waals surface area contributed by atoms with Gasteiger partial charge >= 0.3 is 11.9 Å². The van der Waals surface area contributed by atoms with Gasteiger partial charge in [0.25, 0.3) is 0 Å². The normalized spacial score (nSPS) is 11.2. The van der Waals surface area contributed by atoms with Crippen molar-refractivity contribution in [2.24, 2.45) is 5.92 Å². The van der Waals surface area contributed by atoms with Gasteiger partial charge in [0.1, 0.15) is 0 Å². The zero-order valence-corrected chi connectivity index (χ0v) is 22.5. The molecule has 0 rings (SSSR count). The van der Waals surface area contributed by atoms with Gasteiger partial charge in [-0.2, -0.15) is 0 Å². The summed E-state index contributed by atoms with van der Waals surface area (Å²) in [6, 6.07) is 0. The number of esters is 2. The van der Waals surface area contributed by atoms with Crippen LogP contribution in [0.2, 0.25) is 0 Å². The van der Waals surface area contributed by atoms with Crippen LogP contribution in [0.25, 0.3) is 0 Å². The van der Waals surface area contributed by atoms with Gasteiger partial charge in [0, 0.05) is 6.42 Å². The summed E-state index contributed by atoms with van der Waals surface area (Å²) in [5, 5.41) is 0. The van der Waals surface area contributed by atoms with E-state index in [4.69, 9.17) is 9.47 Å². The van der Waals surface area contributed by atoms with Crippen LogP contribution < -0.4 is 0 Å². The third-order valence-corrected chi connectivity index (χ3v) is 6.38. The summed E-state index contributed by atoms with van der Waals surface area (Å²) in [6.45, 7) is 5.54. The standard InChI is InChI=1S/C29H56O4/c1-4-5-6-7-8-9-10-11-12-13-14-15-16-17-18-19-20-21-22-23-24-25-28(30)32-26-33-29(31)27(2)3/h27H,4-26H2,1-3H3. The lowest BCUT2D eigenvalue weighted by Crippen LogP contribution is -2.16. The first-order valence-electron chi connectivity index (χ1n) is 14.4. The molecule has 0 aliphatic carbocycles. The molecule has 0 aliphatic heterocycles. The van der Waals surface area contributed by atoms with Gasteiger partial charge in [-0.05, 0) is 6.42 Å². The molecule has 0 saturated carbocycles. The van der Waals surface area contributed by atoms with Crippen LogP contribution in [0.5, 0.6) is 0 Å². The van der Waals surface area contributed by atoms with Gasteiger partial charge in [0.2, 0.25) is 6.79 Å². The summed E-state index contributed by atoms with van der Waals surface area (Å²) in [5.74, 6) is -0.806. The molecule has 4 nitrogen and oxygen atoms in total. The van der Waals surface area contributed by atoms with Gasteiger partial charge < -0.3 is 9.47 Å². The third-order valence-electron chi connectivity index (χ3n) is 6.38. The SMILES string of the molecule is CCCCCCCCCCCCCCCCCCCCCCCC(=O)OCOC(=O)C(C)C. The minimum Gasteiger partial charge on any atom is -0.428 e. The maximum atomic E-state index is 11.6. The summed E-state index contributed by atoms with van der Waals surface area (Å²) in [7, 11) is 0. The quantitative estimate of drug-likeness (QED) is 0.0760. The van der Waals surface area contributed by atoms with Crippen molar-refractivity contribution in [1.82, 2.24) is 0 Å². The Balaban J connectivity index is 3.15. The number of carbonyl (C=O) groups excluding carboxylic acids is 2. The molecular weight excluding hydrogens is 412 g/mol. The number of hydrogen-bond acceptors (Lipinski definition) is 4. The highest BCUT2D eigenvalue weighted by atomic mass is 16.7. The Labute approximate surface area is 206 Å². The molecular formula is C29H56O4. The third kappa shape index (κ3) is 25.4. The second-order valence-electron chi connectivity index (χ2n) is 10.1. The van der Waals surface area contributed by atoms with E-state index in [1.165, 1.54) is 122 Å². The predicted octanol–water partition coefficient (Wildman–Crippen LogP) is 9.29. The highest BCUT2D eigenvalue weighted by Crippen LogP contribution is 2.15. The maximum absolute atomic E-state index is 11.6. The molecule has 0 spiro atoms. The molecule has 0 aliphatic rings. The first kappa shape index (κ1) is 31.9. The lowest BCUT2D eigenvalue weighted by molar-refractivity contribution is -0.169. The lowest BCUT2D eigenvalue weighted by Gasteiger charge is -2.08. The Bertz CT molecular complexity index is 433. The van der Waals surface area contributed by atoms with Gasteiger partial charge in [-0.1, -0.05) is 149 Å². The fourth-order valence-electron chi connectivity index (χ4n) is 4.09. The van der Waals surface area contributed by atoms with Gasteiger partial charge in [-0.3, -0.25) is 9.59 Å². The molecule has 0 bridgehead atoms. The Morgan fingerprint density at radius 3 is 1.18 bits per heavy atom. The Morgan fingerprint density at radius 1 is 0.515 bits per heavy atom. The largest absolute Gasteiger partial charge is 0.428 e. The van der Waals surface area contributed by atoms with Crippen LogP contribution in [0.15, 0.2) is 0 Å². The second-order valence-corrected chi connectivity index (χ2v) is 10.1. The van der Waals surface area contributed by atoms with Crippen LogP contribution in [0.4, 0.5) is 0 Å². The zero-order chi connectivity index (χ0) is 24.4. The van der Waals surface area contributed by atoms with Crippen LogP contribution in [0, 0.1) is 5.92 Å². The number of hydrogen-bond donors (Lipinski definition) is 0. The van der Waals surface area contributed by atoms with Crippen molar-refractivity contribution in [2.75, 3.05) is 6.79 Å². The minimum absolute atomic E-state index is 0.196. The molecule has 0 N–H and O–H groups in total. The fourth-order valence-corrected chi connectivity index (χ4v) is 4.09. The maximum Gasteiger partial charge on any atom is 0.311 e. The highest BCUT2D eigenvalue weighted by molar-refractivity contribution is 5.72. The van der Waals surface area contributed by atoms with Crippen molar-refractivity contribution in [3.8, 4) is 0 Å². The number of rotatable bonds is 25. The number of ether oxygens (including phenoxy) is 2. The van der Waals surface area contributed by atoms with Gasteiger partial charge in [0.05, 0.1) is 5.92 Å². The van der Waals surface area contributed by atoms with Crippen molar-refractivity contribution in [2.45, 2.75) is 162 Å². The van der Waals surface area contributed by atoms with Gasteiger partial charge in [-0.25, -0.2) is 0 Å². The smallest absolute Gasteiger partial charge is 0.311 e. The molecule has 0 aromatic rings. The predicted molar refractivity (Wildman–Crippen MR) is 139 cm³/mol. The monoisotopic (exact) mass is 468 g/mol. The molecule has 0 amide bonds. The van der Waals surface area contributed by atoms with E-state index in [1.54, 1.807) is 13.8 Å². The van der Waals surface area contributed by atoms with E-state index in [0.29, 0.717) is 6.42 Å². The van der Waals surface area contributed by atoms with Crippen molar-refractivity contribution in [3.05, 3.63) is 0 Å². The van der Waals surface area contributed by atoms with Crippen LogP contribution in [0.3, 0.4) is 0 Å². The average molecular weight is 469 g/mol. The van der Waals surface area contributed by atoms with Crippen LogP contribution in [0.1, 0.15) is 162 Å². The Kier molecular flexibility index (Phi) is 24.7. The van der Waals surface area contributed by atoms with Crippen molar-refractivity contribution < 1.29 is 19.1 Å². The Morgan fingerprint density at radius 2 is 0.848 bits per heavy atom. The van der Waals surface area contributed by atoms with E-state index < -0.39 is 0 Å². The summed E-state index contributed by atoms with van der Waals surface area (Å²) in [4.78, 5) is 22.8. The van der Waals surface area contributed by atoms with E-state index in [1.807, 2.05) is 0 Å². The molecule has 0 fully saturated rings. The highest BCUT2D eigenvalue weighted by Gasteiger charge is 2.09. The average Bonchev–Trinajstić information content (AvgIpc) is 2.79. The molecule has 33 heavy (non-hydrogen) atoms. The number of unbranched alkanes of at least 4 members (excludes halogenated alkanes) is 20. The van der Waals surface area contributed by atoms with Crippen LogP contribution >= 0.6 is 0 Å². The molecule has 4 heteroatoms. The molecule has 196 valence electrons. The summed E-state index contributed by atoms with van der Waals surface area (Å²) < 4.78 is 9.77. The van der Waals surface area contributed by atoms with Crippen molar-refractivity contribution >= 4 is 11.9 Å². The fraction of sp³-hybridized carbons (Fsp3) is 0.931. The molecule has 0 heterocycles. The minimum atomic E-state index is -0.336. The van der Waals surface area contributed by atoms with Crippen molar-refractivity contribution in [1.29, 1.82) is 0 Å². The van der Waals surface area contributed by atoms with E-state index >= 15 is 0 Å². The second kappa shape index (κ2) is 25.6. The molecule has 0 aromatic heterocycles. The lowest BCUT2D eigenvalue weighted by atomic mass is 10.0. The van der Waals surface area contributed by atoms with Gasteiger partial charge in [-0.15, -0.1) is 0 Å². The summed E-state index contributed by atoms with van der Waals surface area (Å²) in [6.07, 6.45) is 28.8. The summed E-state index contributed by atoms with van der Waals surface area (Å²) in [5.41, 5.74) is 0. The molecule has 0 radical (unpaired) electrons. The number of carbonyl (C=O) groups is 2. The van der Waals surface area contributed by atoms with Crippen LogP contribution in [-0.2, 0) is 19.1 Å². The molecule has 0 aromatic carbocycles. The summed E-state index contributed by atoms with van der Waals surface area (Å²) >= 11 is 0. The van der Waals surface area contributed by atoms with Crippen molar-refractivity contribution in [3.63, 3.8) is 0 Å². The van der Waals surface area contributed by atoms with Crippen LogP contribution in [-0.4, -0.2) is 18.7 Å². The molecule has 0 atom stereocenters. The Hall–Kier alpha value is -1.06. The first-order chi connectivity index (χ1) is 16.1. The van der Waals surface area contributed by atoms with E-state index in [9.17, 15) is 9.59 Å². The zero-order valence-electron chi connectivity index (χ0n) is 22.5. The first-order valence-corrected chi connectivity index (χ1v) is 14.4. The molecule has 0 saturated heterocycles. The topological polar surface area (TPSA) is 52.6 Å². The van der Waals surface area contributed by atoms with E-state index in [0.717, 1.165) is 12.8 Å². The molecule has 0 unspecified atom stereocenters.